The van der Waals surface area contributed by atoms with Crippen LogP contribution in [0.15, 0.2) is 0 Å². The molecule has 0 aliphatic heterocycles. The van der Waals surface area contributed by atoms with E-state index in [1.54, 1.807) is 0 Å². The van der Waals surface area contributed by atoms with Crippen LogP contribution in [0.1, 0.15) is 123 Å². The van der Waals surface area contributed by atoms with Crippen LogP contribution in [-0.4, -0.2) is 18.9 Å². The van der Waals surface area contributed by atoms with Crippen molar-refractivity contribution in [2.24, 2.45) is 17.8 Å². The summed E-state index contributed by atoms with van der Waals surface area (Å²) in [6, 6.07) is 0. The van der Waals surface area contributed by atoms with E-state index >= 15 is 0 Å². The number of carbonyl (C=O) groups is 1. The summed E-state index contributed by atoms with van der Waals surface area (Å²) >= 11 is 0. The van der Waals surface area contributed by atoms with Gasteiger partial charge in [0.2, 0.25) is 0 Å². The molecule has 0 saturated heterocycles. The van der Waals surface area contributed by atoms with Gasteiger partial charge in [-0.15, -0.1) is 0 Å². The third kappa shape index (κ3) is 7.59. The Morgan fingerprint density at radius 3 is 2.04 bits per heavy atom. The molecule has 0 bridgehead atoms. The lowest BCUT2D eigenvalue weighted by Gasteiger charge is -2.43. The Balaban J connectivity index is 1.79. The molecule has 0 heterocycles. The van der Waals surface area contributed by atoms with E-state index in [-0.39, 0.29) is 5.60 Å². The molecule has 3 nitrogen and oxygen atoms in total. The van der Waals surface area contributed by atoms with Gasteiger partial charge in [-0.3, -0.25) is 0 Å². The summed E-state index contributed by atoms with van der Waals surface area (Å²) in [5, 5.41) is 0. The minimum atomic E-state index is -0.483. The molecule has 0 aromatic heterocycles. The Morgan fingerprint density at radius 2 is 1.43 bits per heavy atom. The lowest BCUT2D eigenvalue weighted by molar-refractivity contribution is -0.0678. The molecular weight excluding hydrogens is 348 g/mol. The van der Waals surface area contributed by atoms with Gasteiger partial charge in [0.25, 0.3) is 0 Å². The molecule has 164 valence electrons. The van der Waals surface area contributed by atoms with Crippen LogP contribution in [0, 0.1) is 17.8 Å². The number of ether oxygens (including phenoxy) is 2. The lowest BCUT2D eigenvalue weighted by atomic mass is 9.67. The van der Waals surface area contributed by atoms with E-state index in [1.807, 2.05) is 0 Å². The van der Waals surface area contributed by atoms with Crippen molar-refractivity contribution in [3.8, 4) is 0 Å². The molecule has 2 aliphatic carbocycles. The number of hydrogen-bond donors (Lipinski definition) is 0. The monoisotopic (exact) mass is 394 g/mol. The van der Waals surface area contributed by atoms with Gasteiger partial charge in [0, 0.05) is 0 Å². The number of carbonyl (C=O) groups excluding carboxylic acids is 1. The van der Waals surface area contributed by atoms with Crippen molar-refractivity contribution in [2.75, 3.05) is 7.11 Å². The van der Waals surface area contributed by atoms with E-state index in [0.717, 1.165) is 37.0 Å². The molecular formula is C25H46O3. The highest BCUT2D eigenvalue weighted by Gasteiger charge is 2.41. The van der Waals surface area contributed by atoms with Crippen LogP contribution in [0.2, 0.25) is 0 Å². The fourth-order valence-electron chi connectivity index (χ4n) is 5.75. The number of unbranched alkanes of at least 4 members (excludes halogenated alkanes) is 5. The van der Waals surface area contributed by atoms with E-state index in [0.29, 0.717) is 0 Å². The highest BCUT2D eigenvalue weighted by molar-refractivity contribution is 5.60. The Hall–Kier alpha value is -0.730. The van der Waals surface area contributed by atoms with E-state index in [4.69, 9.17) is 9.47 Å². The van der Waals surface area contributed by atoms with E-state index in [9.17, 15) is 4.79 Å². The Labute approximate surface area is 174 Å². The van der Waals surface area contributed by atoms with Gasteiger partial charge in [0.1, 0.15) is 5.60 Å². The summed E-state index contributed by atoms with van der Waals surface area (Å²) in [5.41, 5.74) is -0.256. The predicted octanol–water partition coefficient (Wildman–Crippen LogP) is 8.06. The largest absolute Gasteiger partial charge is 0.508 e. The SMILES string of the molecule is CCCCCCCC1(OC(=O)OC)CCC(C2CCC(CCCC)CC2)CC1. The van der Waals surface area contributed by atoms with Crippen molar-refractivity contribution in [3.63, 3.8) is 0 Å². The standard InChI is InChI=1S/C25H46O3/c1-4-6-8-9-10-18-25(28-24(26)27-3)19-16-23(17-20-25)22-14-12-21(13-15-22)11-7-5-2/h21-23H,4-20H2,1-3H3. The maximum absolute atomic E-state index is 11.9. The summed E-state index contributed by atoms with van der Waals surface area (Å²) < 4.78 is 10.7. The van der Waals surface area contributed by atoms with Gasteiger partial charge in [-0.1, -0.05) is 71.6 Å². The first kappa shape index (κ1) is 23.5. The van der Waals surface area contributed by atoms with E-state index in [1.165, 1.54) is 97.0 Å². The topological polar surface area (TPSA) is 35.5 Å². The van der Waals surface area contributed by atoms with E-state index < -0.39 is 6.16 Å². The molecule has 0 radical (unpaired) electrons. The van der Waals surface area contributed by atoms with Crippen LogP contribution in [0.25, 0.3) is 0 Å². The third-order valence-electron chi connectivity index (χ3n) is 7.67. The summed E-state index contributed by atoms with van der Waals surface area (Å²) in [7, 11) is 1.43. The second kappa shape index (κ2) is 12.8. The average Bonchev–Trinajstić information content (AvgIpc) is 2.73. The average molecular weight is 395 g/mol. The number of hydrogen-bond acceptors (Lipinski definition) is 3. The van der Waals surface area contributed by atoms with Crippen molar-refractivity contribution >= 4 is 6.16 Å². The van der Waals surface area contributed by atoms with Gasteiger partial charge in [-0.2, -0.15) is 0 Å². The van der Waals surface area contributed by atoms with Crippen molar-refractivity contribution in [1.82, 2.24) is 0 Å². The summed E-state index contributed by atoms with van der Waals surface area (Å²) in [5.74, 6) is 2.75. The molecule has 0 aromatic carbocycles. The fraction of sp³-hybridized carbons (Fsp3) is 0.960. The van der Waals surface area contributed by atoms with Gasteiger partial charge < -0.3 is 9.47 Å². The van der Waals surface area contributed by atoms with Crippen molar-refractivity contribution in [1.29, 1.82) is 0 Å². The minimum absolute atomic E-state index is 0.256. The van der Waals surface area contributed by atoms with Crippen LogP contribution in [-0.2, 0) is 9.47 Å². The van der Waals surface area contributed by atoms with Crippen LogP contribution in [0.5, 0.6) is 0 Å². The second-order valence-electron chi connectivity index (χ2n) is 9.66. The summed E-state index contributed by atoms with van der Waals surface area (Å²) in [6.07, 6.45) is 21.3. The quantitative estimate of drug-likeness (QED) is 0.262. The van der Waals surface area contributed by atoms with Crippen molar-refractivity contribution in [2.45, 2.75) is 129 Å². The molecule has 0 aromatic rings. The zero-order valence-corrected chi connectivity index (χ0v) is 19.0. The highest BCUT2D eigenvalue weighted by Crippen LogP contribution is 2.46. The van der Waals surface area contributed by atoms with Gasteiger partial charge in [-0.05, 0) is 69.1 Å². The molecule has 0 atom stereocenters. The Morgan fingerprint density at radius 1 is 0.821 bits per heavy atom. The van der Waals surface area contributed by atoms with Gasteiger partial charge in [-0.25, -0.2) is 4.79 Å². The first-order valence-electron chi connectivity index (χ1n) is 12.4. The van der Waals surface area contributed by atoms with Crippen LogP contribution >= 0.6 is 0 Å². The molecule has 2 aliphatic rings. The molecule has 2 saturated carbocycles. The molecule has 0 unspecified atom stereocenters. The third-order valence-corrected chi connectivity index (χ3v) is 7.67. The molecule has 0 spiro atoms. The normalized spacial score (nSPS) is 30.8. The summed E-state index contributed by atoms with van der Waals surface area (Å²) in [4.78, 5) is 11.9. The molecule has 0 N–H and O–H groups in total. The smallest absolute Gasteiger partial charge is 0.438 e. The van der Waals surface area contributed by atoms with Crippen LogP contribution in [0.4, 0.5) is 4.79 Å². The lowest BCUT2D eigenvalue weighted by Crippen LogP contribution is -2.40. The molecule has 2 fully saturated rings. The van der Waals surface area contributed by atoms with E-state index in [2.05, 4.69) is 13.8 Å². The van der Waals surface area contributed by atoms with Gasteiger partial charge in [0.05, 0.1) is 7.11 Å². The van der Waals surface area contributed by atoms with Crippen LogP contribution < -0.4 is 0 Å². The van der Waals surface area contributed by atoms with Crippen LogP contribution in [0.3, 0.4) is 0 Å². The molecule has 0 amide bonds. The van der Waals surface area contributed by atoms with Crippen molar-refractivity contribution < 1.29 is 14.3 Å². The maximum Gasteiger partial charge on any atom is 0.508 e. The summed E-state index contributed by atoms with van der Waals surface area (Å²) in [6.45, 7) is 4.56. The Kier molecular flexibility index (Phi) is 10.7. The number of rotatable bonds is 11. The first-order chi connectivity index (χ1) is 13.6. The van der Waals surface area contributed by atoms with Gasteiger partial charge >= 0.3 is 6.16 Å². The molecule has 3 heteroatoms. The highest BCUT2D eigenvalue weighted by atomic mass is 16.7. The van der Waals surface area contributed by atoms with Crippen molar-refractivity contribution in [3.05, 3.63) is 0 Å². The zero-order valence-electron chi connectivity index (χ0n) is 19.0. The fourth-order valence-corrected chi connectivity index (χ4v) is 5.75. The first-order valence-corrected chi connectivity index (χ1v) is 12.4. The molecule has 28 heavy (non-hydrogen) atoms. The molecule has 2 rings (SSSR count). The predicted molar refractivity (Wildman–Crippen MR) is 117 cm³/mol. The van der Waals surface area contributed by atoms with Gasteiger partial charge in [0.15, 0.2) is 0 Å². The zero-order chi connectivity index (χ0) is 20.2. The minimum Gasteiger partial charge on any atom is -0.438 e. The maximum atomic E-state index is 11.9. The number of methoxy groups -OCH3 is 1. The Bertz CT molecular complexity index is 418. The second-order valence-corrected chi connectivity index (χ2v) is 9.66.